The number of imidazole rings is 1. The van der Waals surface area contributed by atoms with E-state index in [1.165, 1.54) is 0 Å². The fourth-order valence-electron chi connectivity index (χ4n) is 3.99. The largest absolute Gasteiger partial charge is 0.497 e. The number of ether oxygens (including phenoxy) is 1. The van der Waals surface area contributed by atoms with Crippen LogP contribution in [0.15, 0.2) is 55.0 Å². The molecule has 1 fully saturated rings. The standard InChI is InChI=1S/C23H26N4O2/c1-17-13-25-22(20-6-3-11-24-14-20)27(17)16-18-5-4-12-26(15-18)23(28)19-7-9-21(29-2)10-8-19/h3,6-11,13-14,18H,4-5,12,15-16H2,1-2H3. The van der Waals surface area contributed by atoms with Crippen LogP contribution in [0.1, 0.15) is 28.9 Å². The summed E-state index contributed by atoms with van der Waals surface area (Å²) in [7, 11) is 1.63. The van der Waals surface area contributed by atoms with Gasteiger partial charge in [0.2, 0.25) is 0 Å². The second kappa shape index (κ2) is 8.47. The van der Waals surface area contributed by atoms with Crippen LogP contribution < -0.4 is 4.74 Å². The van der Waals surface area contributed by atoms with Crippen LogP contribution in [0.3, 0.4) is 0 Å². The fourth-order valence-corrected chi connectivity index (χ4v) is 3.99. The molecule has 0 radical (unpaired) electrons. The molecular weight excluding hydrogens is 364 g/mol. The van der Waals surface area contributed by atoms with Gasteiger partial charge in [0.25, 0.3) is 5.91 Å². The van der Waals surface area contributed by atoms with Crippen molar-refractivity contribution in [3.8, 4) is 17.1 Å². The van der Waals surface area contributed by atoms with Gasteiger partial charge >= 0.3 is 0 Å². The quantitative estimate of drug-likeness (QED) is 0.665. The number of piperidine rings is 1. The first-order valence-corrected chi connectivity index (χ1v) is 10.0. The maximum absolute atomic E-state index is 13.0. The molecule has 1 aliphatic rings. The predicted molar refractivity (Wildman–Crippen MR) is 112 cm³/mol. The number of rotatable bonds is 5. The third kappa shape index (κ3) is 4.16. The van der Waals surface area contributed by atoms with Crippen molar-refractivity contribution in [3.05, 3.63) is 66.2 Å². The van der Waals surface area contributed by atoms with Crippen LogP contribution in [0.25, 0.3) is 11.4 Å². The molecule has 0 aliphatic carbocycles. The van der Waals surface area contributed by atoms with Crippen LogP contribution in [0.5, 0.6) is 5.75 Å². The maximum Gasteiger partial charge on any atom is 0.253 e. The van der Waals surface area contributed by atoms with Gasteiger partial charge in [0.1, 0.15) is 11.6 Å². The molecule has 6 nitrogen and oxygen atoms in total. The summed E-state index contributed by atoms with van der Waals surface area (Å²) < 4.78 is 7.44. The third-order valence-corrected chi connectivity index (χ3v) is 5.56. The number of carbonyl (C=O) groups is 1. The van der Waals surface area contributed by atoms with Gasteiger partial charge in [0.15, 0.2) is 0 Å². The second-order valence-corrected chi connectivity index (χ2v) is 7.56. The number of hydrogen-bond acceptors (Lipinski definition) is 4. The van der Waals surface area contributed by atoms with Gasteiger partial charge in [-0.05, 0) is 62.1 Å². The highest BCUT2D eigenvalue weighted by molar-refractivity contribution is 5.94. The van der Waals surface area contributed by atoms with E-state index >= 15 is 0 Å². The molecule has 0 spiro atoms. The average molecular weight is 390 g/mol. The van der Waals surface area contributed by atoms with E-state index < -0.39 is 0 Å². The molecule has 1 unspecified atom stereocenters. The first kappa shape index (κ1) is 19.2. The number of benzene rings is 1. The number of aromatic nitrogens is 3. The number of likely N-dealkylation sites (tertiary alicyclic amines) is 1. The van der Waals surface area contributed by atoms with Gasteiger partial charge in [-0.1, -0.05) is 0 Å². The minimum Gasteiger partial charge on any atom is -0.497 e. The summed E-state index contributed by atoms with van der Waals surface area (Å²) in [5, 5.41) is 0. The lowest BCUT2D eigenvalue weighted by molar-refractivity contribution is 0.0662. The molecule has 6 heteroatoms. The van der Waals surface area contributed by atoms with Gasteiger partial charge in [0.05, 0.1) is 7.11 Å². The van der Waals surface area contributed by atoms with Crippen LogP contribution >= 0.6 is 0 Å². The summed E-state index contributed by atoms with van der Waals surface area (Å²) in [6.07, 6.45) is 7.65. The first-order valence-electron chi connectivity index (χ1n) is 10.0. The molecule has 4 rings (SSSR count). The Morgan fingerprint density at radius 2 is 2.03 bits per heavy atom. The Bertz CT molecular complexity index is 966. The summed E-state index contributed by atoms with van der Waals surface area (Å²) in [6, 6.07) is 11.3. The topological polar surface area (TPSA) is 60.2 Å². The highest BCUT2D eigenvalue weighted by atomic mass is 16.5. The van der Waals surface area contributed by atoms with E-state index in [2.05, 4.69) is 21.5 Å². The van der Waals surface area contributed by atoms with E-state index in [1.54, 1.807) is 13.3 Å². The molecule has 1 saturated heterocycles. The molecule has 1 aromatic carbocycles. The Balaban J connectivity index is 1.48. The van der Waals surface area contributed by atoms with E-state index in [0.717, 1.165) is 55.3 Å². The summed E-state index contributed by atoms with van der Waals surface area (Å²) in [6.45, 7) is 4.49. The Labute approximate surface area is 171 Å². The van der Waals surface area contributed by atoms with Crippen molar-refractivity contribution >= 4 is 5.91 Å². The number of amides is 1. The van der Waals surface area contributed by atoms with Crippen LogP contribution in [-0.4, -0.2) is 45.5 Å². The summed E-state index contributed by atoms with van der Waals surface area (Å²) >= 11 is 0. The van der Waals surface area contributed by atoms with E-state index in [4.69, 9.17) is 4.74 Å². The van der Waals surface area contributed by atoms with Crippen molar-refractivity contribution in [1.29, 1.82) is 0 Å². The van der Waals surface area contributed by atoms with Crippen molar-refractivity contribution in [2.75, 3.05) is 20.2 Å². The van der Waals surface area contributed by atoms with Gasteiger partial charge in [-0.15, -0.1) is 0 Å². The summed E-state index contributed by atoms with van der Waals surface area (Å²) in [5.41, 5.74) is 2.85. The highest BCUT2D eigenvalue weighted by Crippen LogP contribution is 2.25. The molecule has 1 aliphatic heterocycles. The zero-order chi connectivity index (χ0) is 20.2. The number of hydrogen-bond donors (Lipinski definition) is 0. The van der Waals surface area contributed by atoms with Crippen LogP contribution in [0.2, 0.25) is 0 Å². The SMILES string of the molecule is COc1ccc(C(=O)N2CCCC(Cn3c(C)cnc3-c3cccnc3)C2)cc1. The van der Waals surface area contributed by atoms with Gasteiger partial charge in [-0.2, -0.15) is 0 Å². The van der Waals surface area contributed by atoms with Crippen LogP contribution in [-0.2, 0) is 6.54 Å². The number of carbonyl (C=O) groups excluding carboxylic acids is 1. The molecule has 2 aromatic heterocycles. The Kier molecular flexibility index (Phi) is 5.60. The number of methoxy groups -OCH3 is 1. The summed E-state index contributed by atoms with van der Waals surface area (Å²) in [5.74, 6) is 2.19. The molecular formula is C23H26N4O2. The van der Waals surface area contributed by atoms with E-state index in [9.17, 15) is 4.79 Å². The monoisotopic (exact) mass is 390 g/mol. The van der Waals surface area contributed by atoms with E-state index in [0.29, 0.717) is 11.5 Å². The lowest BCUT2D eigenvalue weighted by Crippen LogP contribution is -2.41. The van der Waals surface area contributed by atoms with Crippen LogP contribution in [0.4, 0.5) is 0 Å². The Hall–Kier alpha value is -3.15. The molecule has 1 atom stereocenters. The number of nitrogens with zero attached hydrogens (tertiary/aromatic N) is 4. The molecule has 1 amide bonds. The molecule has 29 heavy (non-hydrogen) atoms. The van der Waals surface area contributed by atoms with Crippen molar-refractivity contribution in [3.63, 3.8) is 0 Å². The van der Waals surface area contributed by atoms with Gasteiger partial charge in [0, 0.05) is 55.0 Å². The van der Waals surface area contributed by atoms with Crippen molar-refractivity contribution < 1.29 is 9.53 Å². The number of pyridine rings is 1. The van der Waals surface area contributed by atoms with Gasteiger partial charge in [-0.25, -0.2) is 4.98 Å². The second-order valence-electron chi connectivity index (χ2n) is 7.56. The molecule has 3 heterocycles. The van der Waals surface area contributed by atoms with E-state index in [-0.39, 0.29) is 5.91 Å². The Morgan fingerprint density at radius 1 is 1.21 bits per heavy atom. The Morgan fingerprint density at radius 3 is 2.76 bits per heavy atom. The lowest BCUT2D eigenvalue weighted by Gasteiger charge is -2.33. The number of aryl methyl sites for hydroxylation is 1. The maximum atomic E-state index is 13.0. The van der Waals surface area contributed by atoms with Gasteiger partial charge in [-0.3, -0.25) is 9.78 Å². The summed E-state index contributed by atoms with van der Waals surface area (Å²) in [4.78, 5) is 23.8. The molecule has 0 saturated carbocycles. The minimum absolute atomic E-state index is 0.0900. The van der Waals surface area contributed by atoms with Crippen molar-refractivity contribution in [2.45, 2.75) is 26.3 Å². The third-order valence-electron chi connectivity index (χ3n) is 5.56. The minimum atomic E-state index is 0.0900. The van der Waals surface area contributed by atoms with Crippen molar-refractivity contribution in [2.24, 2.45) is 5.92 Å². The first-order chi connectivity index (χ1) is 14.2. The average Bonchev–Trinajstić information content (AvgIpc) is 3.14. The lowest BCUT2D eigenvalue weighted by atomic mass is 9.97. The fraction of sp³-hybridized carbons (Fsp3) is 0.348. The van der Waals surface area contributed by atoms with E-state index in [1.807, 2.05) is 53.7 Å². The molecule has 150 valence electrons. The smallest absolute Gasteiger partial charge is 0.253 e. The molecule has 0 N–H and O–H groups in total. The van der Waals surface area contributed by atoms with Crippen molar-refractivity contribution in [1.82, 2.24) is 19.4 Å². The zero-order valence-corrected chi connectivity index (χ0v) is 16.9. The highest BCUT2D eigenvalue weighted by Gasteiger charge is 2.26. The molecule has 3 aromatic rings. The predicted octanol–water partition coefficient (Wildman–Crippen LogP) is 3.81. The normalized spacial score (nSPS) is 16.6. The molecule has 0 bridgehead atoms. The zero-order valence-electron chi connectivity index (χ0n) is 16.9. The van der Waals surface area contributed by atoms with Crippen LogP contribution in [0, 0.1) is 12.8 Å². The van der Waals surface area contributed by atoms with Gasteiger partial charge < -0.3 is 14.2 Å².